The lowest BCUT2D eigenvalue weighted by atomic mass is 10.2. The number of hydrogen-bond acceptors (Lipinski definition) is 6. The smallest absolute Gasteiger partial charge is 0.267 e. The van der Waals surface area contributed by atoms with Crippen molar-refractivity contribution in [2.24, 2.45) is 0 Å². The number of phenols is 1. The molecule has 0 heterocycles. The summed E-state index contributed by atoms with van der Waals surface area (Å²) in [6.45, 7) is 0.517. The summed E-state index contributed by atoms with van der Waals surface area (Å²) < 4.78 is 11.0. The van der Waals surface area contributed by atoms with Gasteiger partial charge in [0, 0.05) is 13.1 Å². The van der Waals surface area contributed by atoms with Crippen LogP contribution in [0.25, 0.3) is 6.08 Å². The van der Waals surface area contributed by atoms with E-state index in [9.17, 15) is 14.7 Å². The van der Waals surface area contributed by atoms with Crippen LogP contribution in [0.4, 0.5) is 0 Å². The summed E-state index contributed by atoms with van der Waals surface area (Å²) >= 11 is 0. The van der Waals surface area contributed by atoms with Gasteiger partial charge in [-0.2, -0.15) is 0 Å². The summed E-state index contributed by atoms with van der Waals surface area (Å²) in [7, 11) is 3.11. The highest BCUT2D eigenvalue weighted by Gasteiger charge is 2.15. The van der Waals surface area contributed by atoms with Crippen LogP contribution in [0.3, 0.4) is 0 Å². The zero-order chi connectivity index (χ0) is 20.5. The first-order valence-electron chi connectivity index (χ1n) is 8.42. The largest absolute Gasteiger partial charge is 0.507 e. The number of methoxy groups -OCH3 is 1. The molecule has 8 heteroatoms. The van der Waals surface area contributed by atoms with Crippen molar-refractivity contribution in [2.45, 2.75) is 0 Å². The van der Waals surface area contributed by atoms with E-state index in [1.54, 1.807) is 43.4 Å². The Labute approximate surface area is 162 Å². The summed E-state index contributed by atoms with van der Waals surface area (Å²) in [6, 6.07) is 11.4. The van der Waals surface area contributed by atoms with Gasteiger partial charge in [0.25, 0.3) is 11.8 Å². The topological polar surface area (TPSA) is 108 Å². The number of ether oxygens (including phenoxy) is 2. The van der Waals surface area contributed by atoms with E-state index in [1.165, 1.54) is 35.7 Å². The molecule has 0 saturated carbocycles. The van der Waals surface area contributed by atoms with E-state index in [4.69, 9.17) is 14.7 Å². The molecule has 0 aliphatic carbocycles. The van der Waals surface area contributed by atoms with Gasteiger partial charge in [0.1, 0.15) is 12.4 Å². The average molecular weight is 386 g/mol. The van der Waals surface area contributed by atoms with Gasteiger partial charge in [-0.25, -0.2) is 5.48 Å². The maximum atomic E-state index is 12.4. The van der Waals surface area contributed by atoms with Crippen LogP contribution in [-0.4, -0.2) is 54.3 Å². The Kier molecular flexibility index (Phi) is 7.41. The van der Waals surface area contributed by atoms with Crippen LogP contribution in [0.15, 0.2) is 48.5 Å². The van der Waals surface area contributed by atoms with Crippen LogP contribution in [0, 0.1) is 0 Å². The normalized spacial score (nSPS) is 10.5. The number of rotatable bonds is 8. The Morgan fingerprint density at radius 2 is 1.93 bits per heavy atom. The first-order chi connectivity index (χ1) is 13.5. The molecule has 0 unspecified atom stereocenters. The first kappa shape index (κ1) is 20.8. The van der Waals surface area contributed by atoms with E-state index >= 15 is 0 Å². The fraction of sp³-hybridized carbons (Fsp3) is 0.200. The molecule has 0 aliphatic heterocycles. The molecule has 0 aromatic heterocycles. The second kappa shape index (κ2) is 9.98. The number of carbonyl (C=O) groups is 2. The number of hydroxylamine groups is 1. The van der Waals surface area contributed by atoms with Crippen LogP contribution in [0.1, 0.15) is 15.9 Å². The van der Waals surface area contributed by atoms with Crippen molar-refractivity contribution in [1.29, 1.82) is 0 Å². The van der Waals surface area contributed by atoms with Crippen LogP contribution in [0.2, 0.25) is 0 Å². The van der Waals surface area contributed by atoms with Gasteiger partial charge in [0.15, 0.2) is 11.5 Å². The van der Waals surface area contributed by atoms with Crippen molar-refractivity contribution >= 4 is 17.9 Å². The molecular formula is C20H22N2O6. The third kappa shape index (κ3) is 5.49. The van der Waals surface area contributed by atoms with E-state index in [-0.39, 0.29) is 23.8 Å². The number of nitrogens with zero attached hydrogens (tertiary/aromatic N) is 1. The van der Waals surface area contributed by atoms with Crippen molar-refractivity contribution < 1.29 is 29.4 Å². The van der Waals surface area contributed by atoms with Gasteiger partial charge in [0.2, 0.25) is 0 Å². The highest BCUT2D eigenvalue weighted by Crippen LogP contribution is 2.28. The summed E-state index contributed by atoms with van der Waals surface area (Å²) in [4.78, 5) is 24.8. The first-order valence-corrected chi connectivity index (χ1v) is 8.42. The molecule has 148 valence electrons. The number of aromatic hydroxyl groups is 1. The predicted octanol–water partition coefficient (Wildman–Crippen LogP) is 2.07. The minimum atomic E-state index is -0.642. The Balaban J connectivity index is 1.96. The summed E-state index contributed by atoms with van der Waals surface area (Å²) in [5, 5.41) is 18.3. The van der Waals surface area contributed by atoms with Gasteiger partial charge in [-0.1, -0.05) is 18.2 Å². The van der Waals surface area contributed by atoms with Crippen LogP contribution in [-0.2, 0) is 4.79 Å². The van der Waals surface area contributed by atoms with Crippen molar-refractivity contribution in [3.05, 3.63) is 59.7 Å². The molecule has 28 heavy (non-hydrogen) atoms. The Hall–Kier alpha value is -3.52. The number of phenolic OH excluding ortho intramolecular Hbond substituents is 1. The summed E-state index contributed by atoms with van der Waals surface area (Å²) in [6.07, 6.45) is 2.69. The molecule has 0 fully saturated rings. The molecule has 0 spiro atoms. The molecule has 0 bridgehead atoms. The highest BCUT2D eigenvalue weighted by molar-refractivity contribution is 5.96. The average Bonchev–Trinajstić information content (AvgIpc) is 2.72. The van der Waals surface area contributed by atoms with E-state index < -0.39 is 5.91 Å². The van der Waals surface area contributed by atoms with E-state index in [0.29, 0.717) is 23.6 Å². The molecule has 0 radical (unpaired) electrons. The quantitative estimate of drug-likeness (QED) is 0.364. The maximum Gasteiger partial charge on any atom is 0.267 e. The minimum Gasteiger partial charge on any atom is -0.507 e. The molecule has 0 saturated heterocycles. The molecule has 0 aliphatic rings. The summed E-state index contributed by atoms with van der Waals surface area (Å²) in [5.74, 6) is -0.0795. The Morgan fingerprint density at radius 1 is 1.18 bits per heavy atom. The van der Waals surface area contributed by atoms with Crippen molar-refractivity contribution in [2.75, 3.05) is 27.3 Å². The highest BCUT2D eigenvalue weighted by atomic mass is 16.5. The number of para-hydroxylation sites is 1. The number of hydrogen-bond donors (Lipinski definition) is 3. The van der Waals surface area contributed by atoms with Crippen molar-refractivity contribution in [1.82, 2.24) is 10.4 Å². The maximum absolute atomic E-state index is 12.4. The van der Waals surface area contributed by atoms with Gasteiger partial charge >= 0.3 is 0 Å². The Bertz CT molecular complexity index is 866. The fourth-order valence-electron chi connectivity index (χ4n) is 2.37. The summed E-state index contributed by atoms with van der Waals surface area (Å²) in [5.41, 5.74) is 2.42. The zero-order valence-corrected chi connectivity index (χ0v) is 15.6. The standard InChI is InChI=1S/C20H22N2O6/c1-22(20(25)15-5-3-4-6-16(15)23)11-12-28-17-9-7-14(13-18(17)27-2)8-10-19(24)21-26/h3-10,13,23,26H,11-12H2,1-2H3,(H,21,24)/b10-8+. The SMILES string of the molecule is COc1cc(/C=C/C(=O)NO)ccc1OCCN(C)C(=O)c1ccccc1O. The number of likely N-dealkylation sites (N-methyl/N-ethyl adjacent to an activating group) is 1. The molecule has 8 nitrogen and oxygen atoms in total. The van der Waals surface area contributed by atoms with E-state index in [1.807, 2.05) is 0 Å². The molecule has 2 amide bonds. The van der Waals surface area contributed by atoms with E-state index in [2.05, 4.69) is 0 Å². The third-order valence-electron chi connectivity index (χ3n) is 3.89. The molecule has 2 aromatic carbocycles. The lowest BCUT2D eigenvalue weighted by Gasteiger charge is -2.18. The number of nitrogens with one attached hydrogen (secondary N) is 1. The minimum absolute atomic E-state index is 0.0690. The van der Waals surface area contributed by atoms with Gasteiger partial charge in [0.05, 0.1) is 19.2 Å². The molecule has 2 aromatic rings. The van der Waals surface area contributed by atoms with Gasteiger partial charge in [-0.3, -0.25) is 14.8 Å². The molecule has 3 N–H and O–H groups in total. The van der Waals surface area contributed by atoms with Gasteiger partial charge < -0.3 is 19.5 Å². The fourth-order valence-corrected chi connectivity index (χ4v) is 2.37. The van der Waals surface area contributed by atoms with Crippen LogP contribution in [0.5, 0.6) is 17.2 Å². The van der Waals surface area contributed by atoms with Gasteiger partial charge in [-0.05, 0) is 35.9 Å². The van der Waals surface area contributed by atoms with E-state index in [0.717, 1.165) is 0 Å². The predicted molar refractivity (Wildman–Crippen MR) is 103 cm³/mol. The molecule has 0 atom stereocenters. The van der Waals surface area contributed by atoms with Crippen molar-refractivity contribution in [3.8, 4) is 17.2 Å². The molecule has 2 rings (SSSR count). The number of amides is 2. The Morgan fingerprint density at radius 3 is 2.61 bits per heavy atom. The monoisotopic (exact) mass is 386 g/mol. The lowest BCUT2D eigenvalue weighted by Crippen LogP contribution is -2.30. The van der Waals surface area contributed by atoms with Crippen LogP contribution < -0.4 is 15.0 Å². The number of carbonyl (C=O) groups excluding carboxylic acids is 2. The lowest BCUT2D eigenvalue weighted by molar-refractivity contribution is -0.124. The second-order valence-electron chi connectivity index (χ2n) is 5.81. The second-order valence-corrected chi connectivity index (χ2v) is 5.81. The van der Waals surface area contributed by atoms with Gasteiger partial charge in [-0.15, -0.1) is 0 Å². The number of benzene rings is 2. The third-order valence-corrected chi connectivity index (χ3v) is 3.89. The van der Waals surface area contributed by atoms with Crippen molar-refractivity contribution in [3.63, 3.8) is 0 Å². The zero-order valence-electron chi connectivity index (χ0n) is 15.6. The molecular weight excluding hydrogens is 364 g/mol. The van der Waals surface area contributed by atoms with Crippen LogP contribution >= 0.6 is 0 Å².